The molecular formula is C18H20N4O4. The normalized spacial score (nSPS) is 10.5. The molecule has 26 heavy (non-hydrogen) atoms. The van der Waals surface area contributed by atoms with E-state index in [0.717, 1.165) is 11.3 Å². The van der Waals surface area contributed by atoms with Crippen molar-refractivity contribution in [3.05, 3.63) is 54.1 Å². The number of nitrogens with zero attached hydrogens (tertiary/aromatic N) is 1. The molecule has 0 spiro atoms. The lowest BCUT2D eigenvalue weighted by molar-refractivity contribution is 0.0926. The zero-order valence-electron chi connectivity index (χ0n) is 14.5. The Balaban J connectivity index is 1.66. The summed E-state index contributed by atoms with van der Waals surface area (Å²) in [5, 5.41) is 6.92. The summed E-state index contributed by atoms with van der Waals surface area (Å²) in [5.41, 5.74) is 7.15. The zero-order valence-corrected chi connectivity index (χ0v) is 14.5. The van der Waals surface area contributed by atoms with Gasteiger partial charge in [0.15, 0.2) is 11.5 Å². The van der Waals surface area contributed by atoms with Crippen molar-refractivity contribution in [1.29, 1.82) is 0 Å². The van der Waals surface area contributed by atoms with E-state index in [4.69, 9.17) is 13.9 Å². The fourth-order valence-corrected chi connectivity index (χ4v) is 2.38. The van der Waals surface area contributed by atoms with E-state index in [2.05, 4.69) is 21.0 Å². The van der Waals surface area contributed by atoms with Crippen LogP contribution in [0.25, 0.3) is 11.3 Å². The maximum Gasteiger partial charge on any atom is 0.283 e. The highest BCUT2D eigenvalue weighted by molar-refractivity contribution is 5.93. The van der Waals surface area contributed by atoms with Gasteiger partial charge >= 0.3 is 0 Å². The molecule has 0 atom stereocenters. The first kappa shape index (κ1) is 17.6. The highest BCUT2D eigenvalue weighted by Crippen LogP contribution is 2.32. The Morgan fingerprint density at radius 3 is 2.88 bits per heavy atom. The maximum absolute atomic E-state index is 12.2. The molecule has 3 aromatic rings. The number of benzene rings is 1. The summed E-state index contributed by atoms with van der Waals surface area (Å²) in [4.78, 5) is 12.2. The molecule has 8 nitrogen and oxygen atoms in total. The van der Waals surface area contributed by atoms with Gasteiger partial charge in [0.1, 0.15) is 11.5 Å². The van der Waals surface area contributed by atoms with Crippen molar-refractivity contribution in [2.24, 2.45) is 0 Å². The standard InChI is InChI=1S/C18H20N4O4/c1-3-25-16-7-6-12(9-17(16)24-2)14-10-15(21-20-14)18(23)22-19-11-13-5-4-8-26-13/h4-10,19H,3,11H2,1-2H3,(H,20,21)(H,22,23). The smallest absolute Gasteiger partial charge is 0.283 e. The topological polar surface area (TPSA) is 101 Å². The lowest BCUT2D eigenvalue weighted by atomic mass is 10.1. The Bertz CT molecular complexity index is 858. The van der Waals surface area contributed by atoms with Crippen LogP contribution in [0.15, 0.2) is 47.1 Å². The Hall–Kier alpha value is -3.26. The van der Waals surface area contributed by atoms with Gasteiger partial charge in [0.05, 0.1) is 32.2 Å². The van der Waals surface area contributed by atoms with E-state index in [1.807, 2.05) is 31.2 Å². The number of hydrogen-bond donors (Lipinski definition) is 3. The van der Waals surface area contributed by atoms with E-state index in [1.165, 1.54) is 0 Å². The number of hydrazine groups is 1. The van der Waals surface area contributed by atoms with Gasteiger partial charge in [-0.15, -0.1) is 0 Å². The van der Waals surface area contributed by atoms with Gasteiger partial charge in [0.2, 0.25) is 0 Å². The third kappa shape index (κ3) is 4.04. The number of H-pyrrole nitrogens is 1. The van der Waals surface area contributed by atoms with Gasteiger partial charge < -0.3 is 13.9 Å². The third-order valence-corrected chi connectivity index (χ3v) is 3.63. The van der Waals surface area contributed by atoms with Crippen molar-refractivity contribution >= 4 is 5.91 Å². The molecule has 0 fully saturated rings. The molecule has 0 unspecified atom stereocenters. The molecule has 3 N–H and O–H groups in total. The summed E-state index contributed by atoms with van der Waals surface area (Å²) in [7, 11) is 1.58. The van der Waals surface area contributed by atoms with E-state index in [0.29, 0.717) is 36.0 Å². The number of hydrogen-bond acceptors (Lipinski definition) is 6. The van der Waals surface area contributed by atoms with Crippen molar-refractivity contribution in [2.75, 3.05) is 13.7 Å². The highest BCUT2D eigenvalue weighted by Gasteiger charge is 2.13. The quantitative estimate of drug-likeness (QED) is 0.536. The van der Waals surface area contributed by atoms with E-state index in [9.17, 15) is 4.79 Å². The molecule has 0 radical (unpaired) electrons. The Labute approximate surface area is 150 Å². The summed E-state index contributed by atoms with van der Waals surface area (Å²) < 4.78 is 16.0. The molecule has 1 aromatic carbocycles. The van der Waals surface area contributed by atoms with Crippen LogP contribution in [0.5, 0.6) is 11.5 Å². The highest BCUT2D eigenvalue weighted by atomic mass is 16.5. The van der Waals surface area contributed by atoms with Crippen LogP contribution >= 0.6 is 0 Å². The van der Waals surface area contributed by atoms with Crippen LogP contribution in [-0.4, -0.2) is 29.8 Å². The van der Waals surface area contributed by atoms with Crippen LogP contribution in [0, 0.1) is 0 Å². The minimum Gasteiger partial charge on any atom is -0.493 e. The Morgan fingerprint density at radius 2 is 2.15 bits per heavy atom. The molecule has 136 valence electrons. The number of rotatable bonds is 8. The number of carbonyl (C=O) groups excluding carboxylic acids is 1. The number of carbonyl (C=O) groups is 1. The molecule has 1 amide bonds. The van der Waals surface area contributed by atoms with Gasteiger partial charge in [0.25, 0.3) is 5.91 Å². The van der Waals surface area contributed by atoms with Crippen LogP contribution in [-0.2, 0) is 6.54 Å². The van der Waals surface area contributed by atoms with Crippen LogP contribution in [0.4, 0.5) is 0 Å². The van der Waals surface area contributed by atoms with Crippen molar-refractivity contribution in [1.82, 2.24) is 21.0 Å². The van der Waals surface area contributed by atoms with Gasteiger partial charge in [-0.25, -0.2) is 5.43 Å². The Kier molecular flexibility index (Phi) is 5.55. The van der Waals surface area contributed by atoms with Crippen molar-refractivity contribution in [3.8, 4) is 22.8 Å². The zero-order chi connectivity index (χ0) is 18.4. The second-order valence-corrected chi connectivity index (χ2v) is 5.35. The third-order valence-electron chi connectivity index (χ3n) is 3.63. The monoisotopic (exact) mass is 356 g/mol. The van der Waals surface area contributed by atoms with E-state index >= 15 is 0 Å². The molecule has 0 saturated heterocycles. The van der Waals surface area contributed by atoms with Crippen LogP contribution in [0.1, 0.15) is 23.2 Å². The lowest BCUT2D eigenvalue weighted by Gasteiger charge is -2.09. The summed E-state index contributed by atoms with van der Waals surface area (Å²) in [5.74, 6) is 1.66. The molecule has 0 aliphatic carbocycles. The van der Waals surface area contributed by atoms with Gasteiger partial charge in [-0.2, -0.15) is 5.10 Å². The number of furan rings is 1. The predicted molar refractivity (Wildman–Crippen MR) is 94.8 cm³/mol. The fraction of sp³-hybridized carbons (Fsp3) is 0.222. The molecule has 8 heteroatoms. The number of ether oxygens (including phenoxy) is 2. The molecule has 0 aliphatic rings. The molecule has 2 aromatic heterocycles. The summed E-state index contributed by atoms with van der Waals surface area (Å²) in [6, 6.07) is 10.8. The molecule has 3 rings (SSSR count). The molecule has 0 aliphatic heterocycles. The fourth-order valence-electron chi connectivity index (χ4n) is 2.38. The van der Waals surface area contributed by atoms with Crippen LogP contribution in [0.3, 0.4) is 0 Å². The predicted octanol–water partition coefficient (Wildman–Crippen LogP) is 2.51. The largest absolute Gasteiger partial charge is 0.493 e. The first-order valence-electron chi connectivity index (χ1n) is 8.13. The van der Waals surface area contributed by atoms with E-state index in [-0.39, 0.29) is 5.91 Å². The minimum atomic E-state index is -0.326. The van der Waals surface area contributed by atoms with Crippen LogP contribution in [0.2, 0.25) is 0 Å². The number of methoxy groups -OCH3 is 1. The average molecular weight is 356 g/mol. The molecule has 0 bridgehead atoms. The Morgan fingerprint density at radius 1 is 1.27 bits per heavy atom. The number of nitrogens with one attached hydrogen (secondary N) is 3. The van der Waals surface area contributed by atoms with Crippen molar-refractivity contribution < 1.29 is 18.7 Å². The number of amides is 1. The summed E-state index contributed by atoms with van der Waals surface area (Å²) in [6.07, 6.45) is 1.57. The number of aromatic nitrogens is 2. The summed E-state index contributed by atoms with van der Waals surface area (Å²) >= 11 is 0. The maximum atomic E-state index is 12.2. The van der Waals surface area contributed by atoms with Crippen molar-refractivity contribution in [2.45, 2.75) is 13.5 Å². The second kappa shape index (κ2) is 8.21. The van der Waals surface area contributed by atoms with Gasteiger partial charge in [0, 0.05) is 5.56 Å². The van der Waals surface area contributed by atoms with Crippen LogP contribution < -0.4 is 20.3 Å². The minimum absolute atomic E-state index is 0.326. The first-order valence-corrected chi connectivity index (χ1v) is 8.13. The molecule has 2 heterocycles. The van der Waals surface area contributed by atoms with E-state index in [1.54, 1.807) is 25.5 Å². The summed E-state index contributed by atoms with van der Waals surface area (Å²) in [6.45, 7) is 2.84. The van der Waals surface area contributed by atoms with Gasteiger partial charge in [-0.3, -0.25) is 15.3 Å². The lowest BCUT2D eigenvalue weighted by Crippen LogP contribution is -2.36. The average Bonchev–Trinajstić information content (AvgIpc) is 3.34. The molecule has 0 saturated carbocycles. The van der Waals surface area contributed by atoms with Gasteiger partial charge in [-0.1, -0.05) is 0 Å². The van der Waals surface area contributed by atoms with Crippen molar-refractivity contribution in [3.63, 3.8) is 0 Å². The SMILES string of the molecule is CCOc1ccc(-c2cc(C(=O)NNCc3ccco3)[nH]n2)cc1OC. The van der Waals surface area contributed by atoms with E-state index < -0.39 is 0 Å². The van der Waals surface area contributed by atoms with Gasteiger partial charge in [-0.05, 0) is 43.3 Å². The molecular weight excluding hydrogens is 336 g/mol. The second-order valence-electron chi connectivity index (χ2n) is 5.35. The number of aromatic amines is 1. The first-order chi connectivity index (χ1) is 12.7.